The zero-order chi connectivity index (χ0) is 6.78. The fourth-order valence-corrected chi connectivity index (χ4v) is 9.68. The number of hydrogen-bond acceptors (Lipinski definition) is 1. The molecular weight excluding hydrogens is 226 g/mol. The van der Waals surface area contributed by atoms with E-state index in [-0.39, 0.29) is 0 Å². The SMILES string of the molecule is C[Si](C)(C)O[As](Cl)Cl. The third kappa shape index (κ3) is 7.32. The van der Waals surface area contributed by atoms with E-state index in [1.54, 1.807) is 0 Å². The molecule has 0 aliphatic heterocycles. The summed E-state index contributed by atoms with van der Waals surface area (Å²) < 4.78 is 5.25. The summed E-state index contributed by atoms with van der Waals surface area (Å²) in [5.41, 5.74) is 0. The van der Waals surface area contributed by atoms with Gasteiger partial charge in [-0.2, -0.15) is 0 Å². The molecule has 50 valence electrons. The van der Waals surface area contributed by atoms with Crippen LogP contribution in [-0.2, 0) is 3.42 Å². The van der Waals surface area contributed by atoms with Gasteiger partial charge in [-0.3, -0.25) is 0 Å². The van der Waals surface area contributed by atoms with E-state index in [1.807, 2.05) is 0 Å². The van der Waals surface area contributed by atoms with Gasteiger partial charge in [0, 0.05) is 0 Å². The van der Waals surface area contributed by atoms with Gasteiger partial charge in [-0.1, -0.05) is 0 Å². The average molecular weight is 235 g/mol. The molecule has 0 atom stereocenters. The fraction of sp³-hybridized carbons (Fsp3) is 1.00. The molecule has 0 heterocycles. The average Bonchev–Trinajstić information content (AvgIpc) is 1.21. The minimum atomic E-state index is -1.85. The molecule has 1 nitrogen and oxygen atoms in total. The fourth-order valence-electron chi connectivity index (χ4n) is 0.207. The van der Waals surface area contributed by atoms with Gasteiger partial charge < -0.3 is 0 Å². The molecule has 0 amide bonds. The van der Waals surface area contributed by atoms with Gasteiger partial charge in [-0.05, 0) is 0 Å². The molecule has 0 spiro atoms. The van der Waals surface area contributed by atoms with Gasteiger partial charge in [0.15, 0.2) is 0 Å². The van der Waals surface area contributed by atoms with Crippen molar-refractivity contribution in [1.82, 2.24) is 0 Å². The molecule has 0 saturated heterocycles. The van der Waals surface area contributed by atoms with Crippen molar-refractivity contribution in [2.75, 3.05) is 0 Å². The van der Waals surface area contributed by atoms with Gasteiger partial charge in [-0.25, -0.2) is 0 Å². The molecule has 0 saturated carbocycles. The second-order valence-corrected chi connectivity index (χ2v) is 12.9. The van der Waals surface area contributed by atoms with E-state index < -0.39 is 21.4 Å². The molecule has 0 aliphatic carbocycles. The maximum atomic E-state index is 5.49. The summed E-state index contributed by atoms with van der Waals surface area (Å²) in [6.07, 6.45) is 0. The van der Waals surface area contributed by atoms with Crippen LogP contribution in [0.5, 0.6) is 0 Å². The molecule has 0 fully saturated rings. The Bertz CT molecular complexity index is 72.2. The molecule has 0 bridgehead atoms. The topological polar surface area (TPSA) is 9.23 Å². The predicted molar refractivity (Wildman–Crippen MR) is 41.9 cm³/mol. The van der Waals surface area contributed by atoms with E-state index in [0.717, 1.165) is 0 Å². The summed E-state index contributed by atoms with van der Waals surface area (Å²) in [6.45, 7) is 6.21. The van der Waals surface area contributed by atoms with Crippen LogP contribution < -0.4 is 0 Å². The summed E-state index contributed by atoms with van der Waals surface area (Å²) in [5, 5.41) is 0. The summed E-state index contributed by atoms with van der Waals surface area (Å²) in [7, 11) is 9.55. The summed E-state index contributed by atoms with van der Waals surface area (Å²) in [5.74, 6) is 0. The molecular formula is C3H9AsCl2OSi. The standard InChI is InChI=1S/C3H9AsCl2OSi/c1-8(2,3)7-4(5)6/h1-3H3. The molecule has 8 heavy (non-hydrogen) atoms. The van der Waals surface area contributed by atoms with Gasteiger partial charge in [0.25, 0.3) is 0 Å². The molecule has 0 aromatic carbocycles. The molecule has 0 rings (SSSR count). The second kappa shape index (κ2) is 3.48. The summed E-state index contributed by atoms with van der Waals surface area (Å²) >= 11 is -1.85. The first-order valence-corrected chi connectivity index (χ1v) is 11.3. The Labute approximate surface area is 64.4 Å². The summed E-state index contributed by atoms with van der Waals surface area (Å²) in [4.78, 5) is 0. The molecule has 0 unspecified atom stereocenters. The Morgan fingerprint density at radius 3 is 1.62 bits per heavy atom. The van der Waals surface area contributed by atoms with Crippen molar-refractivity contribution < 1.29 is 3.42 Å². The van der Waals surface area contributed by atoms with Crippen molar-refractivity contribution in [3.05, 3.63) is 0 Å². The number of rotatable bonds is 2. The first-order chi connectivity index (χ1) is 3.42. The zero-order valence-electron chi connectivity index (χ0n) is 5.11. The molecule has 0 radical (unpaired) electrons. The number of halogens is 2. The molecule has 0 N–H and O–H groups in total. The van der Waals surface area contributed by atoms with Gasteiger partial charge in [-0.15, -0.1) is 0 Å². The van der Waals surface area contributed by atoms with Crippen LogP contribution in [0, 0.1) is 0 Å². The van der Waals surface area contributed by atoms with E-state index in [4.69, 9.17) is 23.3 Å². The van der Waals surface area contributed by atoms with Crippen molar-refractivity contribution >= 4 is 41.3 Å². The molecule has 5 heteroatoms. The van der Waals surface area contributed by atoms with Crippen LogP contribution in [0.15, 0.2) is 0 Å². The normalized spacial score (nSPS) is 12.8. The maximum absolute atomic E-state index is 5.49. The van der Waals surface area contributed by atoms with Gasteiger partial charge in [0.2, 0.25) is 0 Å². The Morgan fingerprint density at radius 1 is 1.25 bits per heavy atom. The summed E-state index contributed by atoms with van der Waals surface area (Å²) in [6, 6.07) is 0. The molecule has 0 aromatic rings. The van der Waals surface area contributed by atoms with E-state index in [9.17, 15) is 0 Å². The third-order valence-corrected chi connectivity index (χ3v) is 7.50. The van der Waals surface area contributed by atoms with Crippen LogP contribution in [0.3, 0.4) is 0 Å². The third-order valence-electron chi connectivity index (χ3n) is 0.343. The first kappa shape index (κ1) is 9.32. The minimum absolute atomic E-state index is 1.42. The van der Waals surface area contributed by atoms with E-state index in [2.05, 4.69) is 19.6 Å². The van der Waals surface area contributed by atoms with Crippen LogP contribution in [0.4, 0.5) is 0 Å². The molecule has 0 aliphatic rings. The Kier molecular flexibility index (Phi) is 4.05. The molecule has 0 aromatic heterocycles. The Morgan fingerprint density at radius 2 is 1.62 bits per heavy atom. The van der Waals surface area contributed by atoms with Crippen molar-refractivity contribution in [2.45, 2.75) is 19.6 Å². The Balaban J connectivity index is 3.39. The van der Waals surface area contributed by atoms with E-state index >= 15 is 0 Å². The van der Waals surface area contributed by atoms with Gasteiger partial charge in [0.05, 0.1) is 0 Å². The van der Waals surface area contributed by atoms with Crippen LogP contribution in [0.2, 0.25) is 19.6 Å². The van der Waals surface area contributed by atoms with Crippen LogP contribution in [0.25, 0.3) is 0 Å². The van der Waals surface area contributed by atoms with Crippen molar-refractivity contribution in [1.29, 1.82) is 0 Å². The number of hydrogen-bond donors (Lipinski definition) is 0. The van der Waals surface area contributed by atoms with Crippen LogP contribution in [-0.4, -0.2) is 21.4 Å². The zero-order valence-corrected chi connectivity index (χ0v) is 9.50. The first-order valence-electron chi connectivity index (χ1n) is 2.22. The Hall–Kier alpha value is 1.32. The van der Waals surface area contributed by atoms with Crippen LogP contribution in [0.1, 0.15) is 0 Å². The van der Waals surface area contributed by atoms with Gasteiger partial charge in [0.1, 0.15) is 0 Å². The van der Waals surface area contributed by atoms with Crippen molar-refractivity contribution in [2.24, 2.45) is 0 Å². The predicted octanol–water partition coefficient (Wildman–Crippen LogP) is 2.30. The monoisotopic (exact) mass is 234 g/mol. The van der Waals surface area contributed by atoms with Crippen molar-refractivity contribution in [3.8, 4) is 0 Å². The van der Waals surface area contributed by atoms with Crippen molar-refractivity contribution in [3.63, 3.8) is 0 Å². The second-order valence-electron chi connectivity index (χ2n) is 2.41. The van der Waals surface area contributed by atoms with E-state index in [0.29, 0.717) is 0 Å². The van der Waals surface area contributed by atoms with Crippen LogP contribution >= 0.6 is 19.9 Å². The van der Waals surface area contributed by atoms with Gasteiger partial charge >= 0.3 is 64.4 Å². The van der Waals surface area contributed by atoms with E-state index in [1.165, 1.54) is 0 Å². The quantitative estimate of drug-likeness (QED) is 0.667.